The molecule has 104 valence electrons. The SMILES string of the molecule is NC[C@H]1CCC[C@H]1C(=O)Nc1cc(F)c(F)cc1F. The average Bonchev–Trinajstić information content (AvgIpc) is 2.84. The van der Waals surface area contributed by atoms with Gasteiger partial charge in [-0.05, 0) is 25.3 Å². The number of hydrogen-bond acceptors (Lipinski definition) is 2. The van der Waals surface area contributed by atoms with Crippen molar-refractivity contribution < 1.29 is 18.0 Å². The molecule has 1 saturated carbocycles. The number of carbonyl (C=O) groups is 1. The van der Waals surface area contributed by atoms with Crippen molar-refractivity contribution in [2.24, 2.45) is 17.6 Å². The van der Waals surface area contributed by atoms with Crippen LogP contribution in [0.5, 0.6) is 0 Å². The van der Waals surface area contributed by atoms with E-state index in [0.29, 0.717) is 25.1 Å². The minimum Gasteiger partial charge on any atom is -0.330 e. The van der Waals surface area contributed by atoms with Gasteiger partial charge in [-0.25, -0.2) is 13.2 Å². The highest BCUT2D eigenvalue weighted by atomic mass is 19.2. The maximum absolute atomic E-state index is 13.4. The van der Waals surface area contributed by atoms with Crippen molar-refractivity contribution in [1.82, 2.24) is 0 Å². The van der Waals surface area contributed by atoms with E-state index in [1.807, 2.05) is 0 Å². The molecule has 0 saturated heterocycles. The van der Waals surface area contributed by atoms with E-state index in [-0.39, 0.29) is 17.5 Å². The number of carbonyl (C=O) groups excluding carboxylic acids is 1. The van der Waals surface area contributed by atoms with Gasteiger partial charge in [0.1, 0.15) is 5.82 Å². The summed E-state index contributed by atoms with van der Waals surface area (Å²) in [7, 11) is 0. The van der Waals surface area contributed by atoms with E-state index >= 15 is 0 Å². The highest BCUT2D eigenvalue weighted by molar-refractivity contribution is 5.93. The Bertz CT molecular complexity index is 493. The van der Waals surface area contributed by atoms with Gasteiger partial charge in [-0.2, -0.15) is 0 Å². The number of halogens is 3. The van der Waals surface area contributed by atoms with Crippen LogP contribution in [0.1, 0.15) is 19.3 Å². The van der Waals surface area contributed by atoms with Crippen LogP contribution in [0.4, 0.5) is 18.9 Å². The molecule has 0 heterocycles. The zero-order chi connectivity index (χ0) is 14.0. The summed E-state index contributed by atoms with van der Waals surface area (Å²) in [4.78, 5) is 12.0. The maximum atomic E-state index is 13.4. The van der Waals surface area contributed by atoms with Crippen molar-refractivity contribution in [1.29, 1.82) is 0 Å². The average molecular weight is 272 g/mol. The molecule has 3 nitrogen and oxygen atoms in total. The Labute approximate surface area is 109 Å². The molecule has 6 heteroatoms. The van der Waals surface area contributed by atoms with Crippen LogP contribution in [0.3, 0.4) is 0 Å². The molecular formula is C13H15F3N2O. The minimum absolute atomic E-state index is 0.0633. The number of hydrogen-bond donors (Lipinski definition) is 2. The molecular weight excluding hydrogens is 257 g/mol. The largest absolute Gasteiger partial charge is 0.330 e. The molecule has 0 aromatic heterocycles. The van der Waals surface area contributed by atoms with Crippen molar-refractivity contribution in [2.75, 3.05) is 11.9 Å². The number of nitrogens with one attached hydrogen (secondary N) is 1. The summed E-state index contributed by atoms with van der Waals surface area (Å²) in [5, 5.41) is 2.31. The number of anilines is 1. The van der Waals surface area contributed by atoms with E-state index in [1.54, 1.807) is 0 Å². The summed E-state index contributed by atoms with van der Waals surface area (Å²) >= 11 is 0. The van der Waals surface area contributed by atoms with E-state index in [0.717, 1.165) is 12.8 Å². The molecule has 19 heavy (non-hydrogen) atoms. The van der Waals surface area contributed by atoms with Gasteiger partial charge in [0, 0.05) is 18.1 Å². The fourth-order valence-electron chi connectivity index (χ4n) is 2.51. The number of benzene rings is 1. The van der Waals surface area contributed by atoms with Crippen LogP contribution >= 0.6 is 0 Å². The van der Waals surface area contributed by atoms with Crippen LogP contribution in [0.25, 0.3) is 0 Å². The molecule has 1 aromatic carbocycles. The first-order valence-corrected chi connectivity index (χ1v) is 6.18. The molecule has 3 N–H and O–H groups in total. The monoisotopic (exact) mass is 272 g/mol. The first-order valence-electron chi connectivity index (χ1n) is 6.18. The Balaban J connectivity index is 2.13. The lowest BCUT2D eigenvalue weighted by molar-refractivity contribution is -0.120. The third kappa shape index (κ3) is 2.89. The second kappa shape index (κ2) is 5.61. The summed E-state index contributed by atoms with van der Waals surface area (Å²) in [6, 6.07) is 1.06. The number of amides is 1. The molecule has 0 aliphatic heterocycles. The summed E-state index contributed by atoms with van der Waals surface area (Å²) in [6.07, 6.45) is 2.42. The van der Waals surface area contributed by atoms with Crippen molar-refractivity contribution in [3.05, 3.63) is 29.6 Å². The van der Waals surface area contributed by atoms with Crippen LogP contribution in [0.2, 0.25) is 0 Å². The summed E-state index contributed by atoms with van der Waals surface area (Å²) in [5.74, 6) is -4.09. The van der Waals surface area contributed by atoms with Gasteiger partial charge in [0.15, 0.2) is 11.6 Å². The second-order valence-electron chi connectivity index (χ2n) is 4.77. The van der Waals surface area contributed by atoms with Crippen molar-refractivity contribution in [3.8, 4) is 0 Å². The van der Waals surface area contributed by atoms with Crippen LogP contribution in [-0.2, 0) is 4.79 Å². The molecule has 1 fully saturated rings. The highest BCUT2D eigenvalue weighted by Crippen LogP contribution is 2.32. The standard InChI is InChI=1S/C13H15F3N2O/c14-9-4-11(16)12(5-10(9)15)18-13(19)8-3-1-2-7(8)6-17/h4-5,7-8H,1-3,6,17H2,(H,18,19)/t7-,8-/m1/s1. The summed E-state index contributed by atoms with van der Waals surface area (Å²) in [6.45, 7) is 0.387. The Hall–Kier alpha value is -1.56. The molecule has 0 bridgehead atoms. The Morgan fingerprint density at radius 3 is 2.58 bits per heavy atom. The Kier molecular flexibility index (Phi) is 4.09. The van der Waals surface area contributed by atoms with Gasteiger partial charge in [-0.3, -0.25) is 4.79 Å². The van der Waals surface area contributed by atoms with Crippen LogP contribution in [-0.4, -0.2) is 12.5 Å². The number of nitrogens with two attached hydrogens (primary N) is 1. The molecule has 1 aliphatic rings. The zero-order valence-electron chi connectivity index (χ0n) is 10.3. The van der Waals surface area contributed by atoms with E-state index in [2.05, 4.69) is 5.32 Å². The Morgan fingerprint density at radius 2 is 1.89 bits per heavy atom. The third-order valence-electron chi connectivity index (χ3n) is 3.57. The zero-order valence-corrected chi connectivity index (χ0v) is 10.3. The lowest BCUT2D eigenvalue weighted by Gasteiger charge is -2.17. The fourth-order valence-corrected chi connectivity index (χ4v) is 2.51. The maximum Gasteiger partial charge on any atom is 0.227 e. The van der Waals surface area contributed by atoms with Crippen LogP contribution < -0.4 is 11.1 Å². The van der Waals surface area contributed by atoms with Gasteiger partial charge in [-0.1, -0.05) is 6.42 Å². The van der Waals surface area contributed by atoms with E-state index in [4.69, 9.17) is 5.73 Å². The summed E-state index contributed by atoms with van der Waals surface area (Å²) < 4.78 is 39.2. The van der Waals surface area contributed by atoms with E-state index < -0.39 is 23.4 Å². The van der Waals surface area contributed by atoms with Crippen LogP contribution in [0, 0.1) is 29.3 Å². The third-order valence-corrected chi connectivity index (χ3v) is 3.57. The van der Waals surface area contributed by atoms with Gasteiger partial charge >= 0.3 is 0 Å². The molecule has 0 radical (unpaired) electrons. The second-order valence-corrected chi connectivity index (χ2v) is 4.77. The van der Waals surface area contributed by atoms with Crippen molar-refractivity contribution in [2.45, 2.75) is 19.3 Å². The molecule has 2 atom stereocenters. The molecule has 1 aliphatic carbocycles. The number of rotatable bonds is 3. The Morgan fingerprint density at radius 1 is 1.21 bits per heavy atom. The molecule has 0 spiro atoms. The van der Waals surface area contributed by atoms with Crippen LogP contribution in [0.15, 0.2) is 12.1 Å². The molecule has 2 rings (SSSR count). The van der Waals surface area contributed by atoms with E-state index in [9.17, 15) is 18.0 Å². The predicted octanol–water partition coefficient (Wildman–Crippen LogP) is 2.42. The van der Waals surface area contributed by atoms with Gasteiger partial charge in [-0.15, -0.1) is 0 Å². The summed E-state index contributed by atoms with van der Waals surface area (Å²) in [5.41, 5.74) is 5.22. The van der Waals surface area contributed by atoms with E-state index in [1.165, 1.54) is 0 Å². The highest BCUT2D eigenvalue weighted by Gasteiger charge is 2.32. The fraction of sp³-hybridized carbons (Fsp3) is 0.462. The lowest BCUT2D eigenvalue weighted by atomic mass is 9.95. The lowest BCUT2D eigenvalue weighted by Crippen LogP contribution is -2.30. The van der Waals surface area contributed by atoms with Gasteiger partial charge in [0.05, 0.1) is 5.69 Å². The van der Waals surface area contributed by atoms with Gasteiger partial charge < -0.3 is 11.1 Å². The smallest absolute Gasteiger partial charge is 0.227 e. The normalized spacial score (nSPS) is 22.5. The van der Waals surface area contributed by atoms with Crippen molar-refractivity contribution in [3.63, 3.8) is 0 Å². The van der Waals surface area contributed by atoms with Crippen molar-refractivity contribution >= 4 is 11.6 Å². The molecule has 1 aromatic rings. The van der Waals surface area contributed by atoms with Gasteiger partial charge in [0.25, 0.3) is 0 Å². The topological polar surface area (TPSA) is 55.1 Å². The predicted molar refractivity (Wildman–Crippen MR) is 64.8 cm³/mol. The minimum atomic E-state index is -1.28. The molecule has 0 unspecified atom stereocenters. The first-order chi connectivity index (χ1) is 9.02. The molecule has 1 amide bonds. The van der Waals surface area contributed by atoms with Gasteiger partial charge in [0.2, 0.25) is 5.91 Å². The first kappa shape index (κ1) is 13.9. The quantitative estimate of drug-likeness (QED) is 0.830.